The van der Waals surface area contributed by atoms with Crippen LogP contribution in [-0.4, -0.2) is 25.0 Å². The highest BCUT2D eigenvalue weighted by Gasteiger charge is 2.22. The Hall–Kier alpha value is -0.570. The van der Waals surface area contributed by atoms with Crippen LogP contribution in [0.25, 0.3) is 0 Å². The van der Waals surface area contributed by atoms with Crippen LogP contribution >= 0.6 is 0 Å². The summed E-state index contributed by atoms with van der Waals surface area (Å²) >= 11 is 0. The van der Waals surface area contributed by atoms with E-state index in [-0.39, 0.29) is 11.9 Å². The lowest BCUT2D eigenvalue weighted by Gasteiger charge is -2.13. The maximum atomic E-state index is 11.6. The third kappa shape index (κ3) is 3.20. The van der Waals surface area contributed by atoms with Crippen molar-refractivity contribution in [1.29, 1.82) is 0 Å². The summed E-state index contributed by atoms with van der Waals surface area (Å²) in [5, 5.41) is 6.27. The fourth-order valence-corrected chi connectivity index (χ4v) is 2.73. The average Bonchev–Trinajstić information content (AvgIpc) is 2.90. The van der Waals surface area contributed by atoms with Gasteiger partial charge in [-0.25, -0.2) is 0 Å². The Kier molecular flexibility index (Phi) is 4.01. The van der Waals surface area contributed by atoms with Crippen LogP contribution in [0.4, 0.5) is 0 Å². The number of carbonyl (C=O) groups is 1. The molecule has 2 fully saturated rings. The molecule has 1 atom stereocenters. The van der Waals surface area contributed by atoms with Gasteiger partial charge in [0.25, 0.3) is 0 Å². The topological polar surface area (TPSA) is 41.1 Å². The third-order valence-electron chi connectivity index (χ3n) is 3.70. The predicted molar refractivity (Wildman–Crippen MR) is 60.6 cm³/mol. The van der Waals surface area contributed by atoms with Crippen LogP contribution in [0.15, 0.2) is 0 Å². The number of rotatable bonds is 4. The lowest BCUT2D eigenvalue weighted by atomic mass is 10.0. The second kappa shape index (κ2) is 5.50. The fourth-order valence-electron chi connectivity index (χ4n) is 2.73. The van der Waals surface area contributed by atoms with Crippen molar-refractivity contribution in [1.82, 2.24) is 10.6 Å². The molecule has 1 unspecified atom stereocenters. The van der Waals surface area contributed by atoms with E-state index < -0.39 is 0 Å². The second-order valence-electron chi connectivity index (χ2n) is 4.88. The van der Waals surface area contributed by atoms with E-state index in [1.165, 1.54) is 32.1 Å². The highest BCUT2D eigenvalue weighted by molar-refractivity contribution is 5.81. The summed E-state index contributed by atoms with van der Waals surface area (Å²) in [4.78, 5) is 11.6. The van der Waals surface area contributed by atoms with E-state index in [4.69, 9.17) is 0 Å². The summed E-state index contributed by atoms with van der Waals surface area (Å²) in [6.07, 6.45) is 8.86. The van der Waals surface area contributed by atoms with Crippen molar-refractivity contribution < 1.29 is 4.79 Å². The highest BCUT2D eigenvalue weighted by atomic mass is 16.2. The summed E-state index contributed by atoms with van der Waals surface area (Å²) in [6, 6.07) is 0.0913. The molecule has 2 aliphatic rings. The lowest BCUT2D eigenvalue weighted by Crippen LogP contribution is -2.41. The van der Waals surface area contributed by atoms with Gasteiger partial charge in [-0.05, 0) is 31.7 Å². The quantitative estimate of drug-likeness (QED) is 0.737. The fraction of sp³-hybridized carbons (Fsp3) is 0.917. The lowest BCUT2D eigenvalue weighted by molar-refractivity contribution is -0.122. The molecule has 0 radical (unpaired) electrons. The molecule has 86 valence electrons. The van der Waals surface area contributed by atoms with Crippen molar-refractivity contribution in [2.24, 2.45) is 5.92 Å². The van der Waals surface area contributed by atoms with Gasteiger partial charge in [-0.15, -0.1) is 0 Å². The Morgan fingerprint density at radius 2 is 2.00 bits per heavy atom. The molecule has 2 N–H and O–H groups in total. The van der Waals surface area contributed by atoms with E-state index >= 15 is 0 Å². The van der Waals surface area contributed by atoms with Crippen LogP contribution in [0.2, 0.25) is 0 Å². The van der Waals surface area contributed by atoms with Crippen molar-refractivity contribution >= 4 is 5.91 Å². The van der Waals surface area contributed by atoms with Gasteiger partial charge in [0.15, 0.2) is 0 Å². The summed E-state index contributed by atoms with van der Waals surface area (Å²) in [6.45, 7) is 1.88. The molecule has 1 aliphatic carbocycles. The molecule has 0 aromatic rings. The van der Waals surface area contributed by atoms with E-state index in [1.807, 2.05) is 0 Å². The van der Waals surface area contributed by atoms with E-state index in [9.17, 15) is 4.79 Å². The zero-order valence-corrected chi connectivity index (χ0v) is 9.43. The van der Waals surface area contributed by atoms with Gasteiger partial charge in [0.2, 0.25) is 5.91 Å². The Balaban J connectivity index is 1.58. The van der Waals surface area contributed by atoms with E-state index in [2.05, 4.69) is 10.6 Å². The molecule has 1 aliphatic heterocycles. The van der Waals surface area contributed by atoms with Crippen LogP contribution in [-0.2, 0) is 4.79 Å². The van der Waals surface area contributed by atoms with Crippen LogP contribution < -0.4 is 10.6 Å². The maximum absolute atomic E-state index is 11.6. The van der Waals surface area contributed by atoms with E-state index in [1.54, 1.807) is 0 Å². The van der Waals surface area contributed by atoms with Gasteiger partial charge in [0, 0.05) is 6.54 Å². The Morgan fingerprint density at radius 3 is 2.67 bits per heavy atom. The van der Waals surface area contributed by atoms with Crippen molar-refractivity contribution in [2.45, 2.75) is 51.0 Å². The van der Waals surface area contributed by atoms with Gasteiger partial charge in [0.1, 0.15) is 0 Å². The first-order valence-electron chi connectivity index (χ1n) is 6.37. The highest BCUT2D eigenvalue weighted by Crippen LogP contribution is 2.26. The van der Waals surface area contributed by atoms with Gasteiger partial charge in [0.05, 0.1) is 6.04 Å². The molecule has 1 saturated heterocycles. The normalized spacial score (nSPS) is 27.1. The van der Waals surface area contributed by atoms with Gasteiger partial charge >= 0.3 is 0 Å². The summed E-state index contributed by atoms with van der Waals surface area (Å²) in [5.41, 5.74) is 0. The van der Waals surface area contributed by atoms with Gasteiger partial charge in [-0.2, -0.15) is 0 Å². The molecule has 3 nitrogen and oxygen atoms in total. The number of carbonyl (C=O) groups excluding carboxylic acids is 1. The Bertz CT molecular complexity index is 206. The first-order valence-corrected chi connectivity index (χ1v) is 6.37. The summed E-state index contributed by atoms with van der Waals surface area (Å²) < 4.78 is 0. The van der Waals surface area contributed by atoms with Crippen LogP contribution in [0, 0.1) is 5.92 Å². The Morgan fingerprint density at radius 1 is 1.20 bits per heavy atom. The molecule has 0 spiro atoms. The smallest absolute Gasteiger partial charge is 0.237 e. The molecule has 0 aromatic heterocycles. The Labute approximate surface area is 92.0 Å². The largest absolute Gasteiger partial charge is 0.355 e. The first-order chi connectivity index (χ1) is 7.36. The van der Waals surface area contributed by atoms with Crippen molar-refractivity contribution in [2.75, 3.05) is 13.1 Å². The molecule has 3 heteroatoms. The van der Waals surface area contributed by atoms with Crippen LogP contribution in [0.3, 0.4) is 0 Å². The van der Waals surface area contributed by atoms with Crippen molar-refractivity contribution in [3.05, 3.63) is 0 Å². The number of hydrogen-bond donors (Lipinski definition) is 2. The minimum Gasteiger partial charge on any atom is -0.355 e. The minimum atomic E-state index is 0.0913. The molecule has 2 rings (SSSR count). The van der Waals surface area contributed by atoms with Crippen molar-refractivity contribution in [3.63, 3.8) is 0 Å². The number of hydrogen-bond acceptors (Lipinski definition) is 2. The standard InChI is InChI=1S/C12H22N2O/c15-12(11-6-3-8-13-11)14-9-7-10-4-1-2-5-10/h10-11,13H,1-9H2,(H,14,15). The molecular formula is C12H22N2O. The summed E-state index contributed by atoms with van der Waals surface area (Å²) in [7, 11) is 0. The third-order valence-corrected chi connectivity index (χ3v) is 3.70. The van der Waals surface area contributed by atoms with Gasteiger partial charge in [-0.1, -0.05) is 25.7 Å². The van der Waals surface area contributed by atoms with E-state index in [0.717, 1.165) is 31.8 Å². The predicted octanol–water partition coefficient (Wildman–Crippen LogP) is 1.43. The van der Waals surface area contributed by atoms with Crippen LogP contribution in [0.1, 0.15) is 44.9 Å². The second-order valence-corrected chi connectivity index (χ2v) is 4.88. The first kappa shape index (κ1) is 10.9. The molecule has 0 bridgehead atoms. The zero-order chi connectivity index (χ0) is 10.5. The van der Waals surface area contributed by atoms with Crippen LogP contribution in [0.5, 0.6) is 0 Å². The van der Waals surface area contributed by atoms with E-state index in [0.29, 0.717) is 0 Å². The maximum Gasteiger partial charge on any atom is 0.237 e. The summed E-state index contributed by atoms with van der Waals surface area (Å²) in [5.74, 6) is 1.09. The SMILES string of the molecule is O=C(NCCC1CCCC1)C1CCCN1. The average molecular weight is 210 g/mol. The van der Waals surface area contributed by atoms with Crippen molar-refractivity contribution in [3.8, 4) is 0 Å². The monoisotopic (exact) mass is 210 g/mol. The van der Waals surface area contributed by atoms with Gasteiger partial charge < -0.3 is 10.6 Å². The zero-order valence-electron chi connectivity index (χ0n) is 9.43. The number of amides is 1. The molecule has 0 aromatic carbocycles. The molecule has 1 heterocycles. The molecule has 1 saturated carbocycles. The molecular weight excluding hydrogens is 188 g/mol. The molecule has 1 amide bonds. The number of nitrogens with one attached hydrogen (secondary N) is 2. The van der Waals surface area contributed by atoms with Gasteiger partial charge in [-0.3, -0.25) is 4.79 Å². The molecule has 15 heavy (non-hydrogen) atoms. The minimum absolute atomic E-state index is 0.0913.